The minimum Gasteiger partial charge on any atom is -0.481 e. The number of rotatable bonds is 8. The molecule has 2 N–H and O–H groups in total. The predicted octanol–water partition coefficient (Wildman–Crippen LogP) is 2.32. The summed E-state index contributed by atoms with van der Waals surface area (Å²) in [5.74, 6) is -0.572. The number of benzene rings is 1. The first-order chi connectivity index (χ1) is 13.1. The second-order valence-corrected chi connectivity index (χ2v) is 6.33. The zero-order valence-corrected chi connectivity index (χ0v) is 14.9. The molecule has 1 atom stereocenters. The average molecular weight is 370 g/mol. The summed E-state index contributed by atoms with van der Waals surface area (Å²) < 4.78 is 5.61. The molecule has 1 aromatic heterocycles. The summed E-state index contributed by atoms with van der Waals surface area (Å²) in [4.78, 5) is 33.6. The van der Waals surface area contributed by atoms with Gasteiger partial charge in [-0.05, 0) is 31.0 Å². The van der Waals surface area contributed by atoms with Crippen LogP contribution in [0.2, 0.25) is 0 Å². The Labute approximate surface area is 157 Å². The molecule has 2 heterocycles. The van der Waals surface area contributed by atoms with Gasteiger partial charge in [0.05, 0.1) is 18.7 Å². The fourth-order valence-corrected chi connectivity index (χ4v) is 2.96. The number of aliphatic carboxylic acids is 1. The van der Waals surface area contributed by atoms with E-state index in [1.165, 1.54) is 0 Å². The lowest BCUT2D eigenvalue weighted by atomic mass is 10.1. The smallest absolute Gasteiger partial charge is 0.305 e. The van der Waals surface area contributed by atoms with Gasteiger partial charge >= 0.3 is 5.97 Å². The van der Waals surface area contributed by atoms with Gasteiger partial charge in [-0.25, -0.2) is 4.98 Å². The highest BCUT2D eigenvalue weighted by molar-refractivity contribution is 5.95. The number of hydrogen-bond donors (Lipinski definition) is 2. The topological polar surface area (TPSA) is 105 Å². The Kier molecular flexibility index (Phi) is 6.32. The number of nitrogens with zero attached hydrogens (tertiary/aromatic N) is 3. The van der Waals surface area contributed by atoms with Crippen LogP contribution < -0.4 is 5.32 Å². The molecule has 0 saturated carbocycles. The maximum atomic E-state index is 13.0. The summed E-state index contributed by atoms with van der Waals surface area (Å²) in [6.07, 6.45) is 6.45. The zero-order valence-electron chi connectivity index (χ0n) is 14.9. The number of carbonyl (C=O) groups excluding carboxylic acids is 1. The van der Waals surface area contributed by atoms with Crippen molar-refractivity contribution < 1.29 is 19.4 Å². The van der Waals surface area contributed by atoms with E-state index in [9.17, 15) is 9.59 Å². The van der Waals surface area contributed by atoms with Crippen molar-refractivity contribution in [3.05, 3.63) is 48.4 Å². The average Bonchev–Trinajstić information content (AvgIpc) is 3.18. The first-order valence-electron chi connectivity index (χ1n) is 8.87. The lowest BCUT2D eigenvalue weighted by Crippen LogP contribution is -2.38. The van der Waals surface area contributed by atoms with Gasteiger partial charge in [0.15, 0.2) is 0 Å². The molecule has 1 amide bonds. The molecule has 1 aromatic carbocycles. The lowest BCUT2D eigenvalue weighted by molar-refractivity contribution is -0.137. The van der Waals surface area contributed by atoms with Crippen LogP contribution in [0.15, 0.2) is 42.9 Å². The third kappa shape index (κ3) is 5.49. The summed E-state index contributed by atoms with van der Waals surface area (Å²) in [7, 11) is 0. The van der Waals surface area contributed by atoms with Crippen molar-refractivity contribution in [2.75, 3.05) is 25.0 Å². The largest absolute Gasteiger partial charge is 0.481 e. The first kappa shape index (κ1) is 18.8. The fourth-order valence-electron chi connectivity index (χ4n) is 2.96. The van der Waals surface area contributed by atoms with Crippen molar-refractivity contribution >= 4 is 23.4 Å². The van der Waals surface area contributed by atoms with Crippen LogP contribution in [-0.4, -0.2) is 57.7 Å². The Bertz CT molecular complexity index is 778. The van der Waals surface area contributed by atoms with Crippen molar-refractivity contribution in [1.29, 1.82) is 0 Å². The quantitative estimate of drug-likeness (QED) is 0.735. The molecule has 1 saturated heterocycles. The van der Waals surface area contributed by atoms with E-state index >= 15 is 0 Å². The number of amides is 1. The number of aromatic nitrogens is 2. The highest BCUT2D eigenvalue weighted by Crippen LogP contribution is 2.19. The van der Waals surface area contributed by atoms with E-state index in [1.807, 2.05) is 6.07 Å². The van der Waals surface area contributed by atoms with Crippen LogP contribution in [0.25, 0.3) is 0 Å². The van der Waals surface area contributed by atoms with Crippen molar-refractivity contribution in [2.45, 2.75) is 25.4 Å². The highest BCUT2D eigenvalue weighted by Gasteiger charge is 2.24. The van der Waals surface area contributed by atoms with E-state index in [4.69, 9.17) is 9.84 Å². The molecular weight excluding hydrogens is 348 g/mol. The van der Waals surface area contributed by atoms with Crippen molar-refractivity contribution in [3.63, 3.8) is 0 Å². The molecule has 0 spiro atoms. The number of carboxylic acid groups (broad SMARTS) is 1. The summed E-state index contributed by atoms with van der Waals surface area (Å²) in [5, 5.41) is 12.1. The molecule has 0 unspecified atom stereocenters. The van der Waals surface area contributed by atoms with E-state index in [0.29, 0.717) is 30.2 Å². The van der Waals surface area contributed by atoms with E-state index < -0.39 is 5.97 Å². The molecule has 2 aromatic rings. The number of carboxylic acids is 1. The minimum absolute atomic E-state index is 0.0383. The lowest BCUT2D eigenvalue weighted by Gasteiger charge is -2.25. The van der Waals surface area contributed by atoms with Gasteiger partial charge < -0.3 is 20.1 Å². The number of ether oxygens (including phenoxy) is 1. The first-order valence-corrected chi connectivity index (χ1v) is 8.87. The predicted molar refractivity (Wildman–Crippen MR) is 98.9 cm³/mol. The van der Waals surface area contributed by atoms with Gasteiger partial charge in [-0.1, -0.05) is 6.07 Å². The zero-order chi connectivity index (χ0) is 19.1. The van der Waals surface area contributed by atoms with Crippen LogP contribution in [0, 0.1) is 0 Å². The van der Waals surface area contributed by atoms with Crippen LogP contribution in [0.5, 0.6) is 0 Å². The fraction of sp³-hybridized carbons (Fsp3) is 0.368. The molecule has 1 aliphatic heterocycles. The van der Waals surface area contributed by atoms with E-state index in [-0.39, 0.29) is 25.0 Å². The maximum Gasteiger partial charge on any atom is 0.305 e. The molecule has 0 aliphatic carbocycles. The van der Waals surface area contributed by atoms with Crippen molar-refractivity contribution in [2.24, 2.45) is 0 Å². The van der Waals surface area contributed by atoms with E-state index in [2.05, 4.69) is 15.3 Å². The number of carbonyl (C=O) groups is 2. The van der Waals surface area contributed by atoms with Gasteiger partial charge in [-0.15, -0.1) is 0 Å². The summed E-state index contributed by atoms with van der Waals surface area (Å²) in [6.45, 7) is 1.23. The van der Waals surface area contributed by atoms with Gasteiger partial charge in [0.1, 0.15) is 5.82 Å². The van der Waals surface area contributed by atoms with Gasteiger partial charge in [0, 0.05) is 43.3 Å². The summed E-state index contributed by atoms with van der Waals surface area (Å²) in [6, 6.07) is 7.04. The number of hydrogen-bond acceptors (Lipinski definition) is 6. The Morgan fingerprint density at radius 3 is 2.93 bits per heavy atom. The number of nitrogens with one attached hydrogen (secondary N) is 1. The second kappa shape index (κ2) is 9.09. The van der Waals surface area contributed by atoms with Gasteiger partial charge in [0.2, 0.25) is 0 Å². The van der Waals surface area contributed by atoms with Gasteiger partial charge in [0.25, 0.3) is 5.91 Å². The molecule has 8 nitrogen and oxygen atoms in total. The van der Waals surface area contributed by atoms with Crippen molar-refractivity contribution in [1.82, 2.24) is 14.9 Å². The van der Waals surface area contributed by atoms with Crippen LogP contribution in [-0.2, 0) is 9.53 Å². The van der Waals surface area contributed by atoms with Crippen LogP contribution in [0.3, 0.4) is 0 Å². The standard InChI is InChI=1S/C19H22N4O4/c24-18(25)6-9-23(13-16-5-2-10-27-16)19(26)14-3-1-4-15(11-14)22-17-12-20-7-8-21-17/h1,3-4,7-8,11-12,16H,2,5-6,9-10,13H2,(H,21,22)(H,24,25)/t16-/m0/s1. The molecule has 8 heteroatoms. The van der Waals surface area contributed by atoms with E-state index in [0.717, 1.165) is 12.8 Å². The molecule has 142 valence electrons. The van der Waals surface area contributed by atoms with Gasteiger partial charge in [-0.3, -0.25) is 14.6 Å². The van der Waals surface area contributed by atoms with Crippen LogP contribution >= 0.6 is 0 Å². The monoisotopic (exact) mass is 370 g/mol. The minimum atomic E-state index is -0.932. The molecule has 0 bridgehead atoms. The van der Waals surface area contributed by atoms with Crippen LogP contribution in [0.1, 0.15) is 29.6 Å². The van der Waals surface area contributed by atoms with Gasteiger partial charge in [-0.2, -0.15) is 0 Å². The Balaban J connectivity index is 1.73. The molecule has 3 rings (SSSR count). The molecule has 0 radical (unpaired) electrons. The molecule has 1 fully saturated rings. The normalized spacial score (nSPS) is 16.1. The molecule has 27 heavy (non-hydrogen) atoms. The summed E-state index contributed by atoms with van der Waals surface area (Å²) in [5.41, 5.74) is 1.18. The third-order valence-corrected chi connectivity index (χ3v) is 4.28. The molecular formula is C19H22N4O4. The molecule has 1 aliphatic rings. The SMILES string of the molecule is O=C(O)CCN(C[C@@H]1CCCO1)C(=O)c1cccc(Nc2cnccn2)c1. The Morgan fingerprint density at radius 2 is 2.22 bits per heavy atom. The highest BCUT2D eigenvalue weighted by atomic mass is 16.5. The van der Waals surface area contributed by atoms with Crippen molar-refractivity contribution in [3.8, 4) is 0 Å². The van der Waals surface area contributed by atoms with Crippen LogP contribution in [0.4, 0.5) is 11.5 Å². The maximum absolute atomic E-state index is 13.0. The summed E-state index contributed by atoms with van der Waals surface area (Å²) >= 11 is 0. The second-order valence-electron chi connectivity index (χ2n) is 6.33. The Morgan fingerprint density at radius 1 is 1.33 bits per heavy atom. The number of anilines is 2. The van der Waals surface area contributed by atoms with E-state index in [1.54, 1.807) is 41.7 Å². The third-order valence-electron chi connectivity index (χ3n) is 4.28. The Hall–Kier alpha value is -3.00.